The highest BCUT2D eigenvalue weighted by Gasteiger charge is 2.12. The van der Waals surface area contributed by atoms with Gasteiger partial charge in [0.2, 0.25) is 0 Å². The van der Waals surface area contributed by atoms with E-state index in [0.29, 0.717) is 12.2 Å². The standard InChI is InChI=1S/C10H14O5S/c1-3-8-14-16(11,12)15-10-6-4-9(13-2)5-7-10/h4-7H,3,8H2,1-2H3. The van der Waals surface area contributed by atoms with Crippen LogP contribution in [0.3, 0.4) is 0 Å². The van der Waals surface area contributed by atoms with E-state index in [2.05, 4.69) is 4.18 Å². The Bertz CT molecular complexity index is 409. The number of methoxy groups -OCH3 is 1. The summed E-state index contributed by atoms with van der Waals surface area (Å²) in [6, 6.07) is 6.19. The first-order chi connectivity index (χ1) is 7.57. The lowest BCUT2D eigenvalue weighted by Crippen LogP contribution is -2.13. The van der Waals surface area contributed by atoms with Crippen LogP contribution < -0.4 is 8.92 Å². The third-order valence-corrected chi connectivity index (χ3v) is 2.54. The predicted molar refractivity (Wildman–Crippen MR) is 58.8 cm³/mol. The minimum Gasteiger partial charge on any atom is -0.497 e. The SMILES string of the molecule is CCCOS(=O)(=O)Oc1ccc(OC)cc1. The molecule has 0 N–H and O–H groups in total. The summed E-state index contributed by atoms with van der Waals surface area (Å²) in [7, 11) is -2.43. The van der Waals surface area contributed by atoms with Gasteiger partial charge in [-0.2, -0.15) is 8.42 Å². The molecule has 0 bridgehead atoms. The van der Waals surface area contributed by atoms with Gasteiger partial charge < -0.3 is 8.92 Å². The second-order valence-corrected chi connectivity index (χ2v) is 4.21. The van der Waals surface area contributed by atoms with Gasteiger partial charge in [-0.05, 0) is 30.7 Å². The summed E-state index contributed by atoms with van der Waals surface area (Å²) >= 11 is 0. The van der Waals surface area contributed by atoms with Crippen molar-refractivity contribution in [3.05, 3.63) is 24.3 Å². The van der Waals surface area contributed by atoms with Crippen molar-refractivity contribution in [1.82, 2.24) is 0 Å². The van der Waals surface area contributed by atoms with Crippen molar-refractivity contribution in [3.8, 4) is 11.5 Å². The smallest absolute Gasteiger partial charge is 0.449 e. The van der Waals surface area contributed by atoms with Crippen LogP contribution in [0.15, 0.2) is 24.3 Å². The fourth-order valence-corrected chi connectivity index (χ4v) is 1.72. The zero-order valence-corrected chi connectivity index (χ0v) is 9.99. The highest BCUT2D eigenvalue weighted by molar-refractivity contribution is 7.82. The molecule has 0 saturated carbocycles. The molecule has 0 saturated heterocycles. The lowest BCUT2D eigenvalue weighted by molar-refractivity contribution is 0.273. The van der Waals surface area contributed by atoms with Crippen LogP contribution in [0.4, 0.5) is 0 Å². The lowest BCUT2D eigenvalue weighted by Gasteiger charge is -2.06. The maximum atomic E-state index is 11.2. The topological polar surface area (TPSA) is 61.8 Å². The van der Waals surface area contributed by atoms with Crippen LogP contribution in [-0.4, -0.2) is 22.1 Å². The molecule has 5 nitrogen and oxygen atoms in total. The molecule has 1 aromatic rings. The number of benzene rings is 1. The van der Waals surface area contributed by atoms with E-state index in [0.717, 1.165) is 0 Å². The summed E-state index contributed by atoms with van der Waals surface area (Å²) in [6.07, 6.45) is 0.602. The molecule has 0 fully saturated rings. The Morgan fingerprint density at radius 2 is 1.69 bits per heavy atom. The second kappa shape index (κ2) is 5.72. The van der Waals surface area contributed by atoms with E-state index in [9.17, 15) is 8.42 Å². The molecule has 0 amide bonds. The van der Waals surface area contributed by atoms with Crippen LogP contribution in [0.25, 0.3) is 0 Å². The molecule has 0 aliphatic carbocycles. The Labute approximate surface area is 95.3 Å². The first kappa shape index (κ1) is 12.8. The zero-order valence-electron chi connectivity index (χ0n) is 9.17. The molecule has 0 aliphatic rings. The van der Waals surface area contributed by atoms with Gasteiger partial charge in [-0.25, -0.2) is 4.18 Å². The van der Waals surface area contributed by atoms with Gasteiger partial charge in [0, 0.05) is 0 Å². The average molecular weight is 246 g/mol. The summed E-state index contributed by atoms with van der Waals surface area (Å²) < 4.78 is 36.7. The quantitative estimate of drug-likeness (QED) is 0.765. The summed E-state index contributed by atoms with van der Waals surface area (Å²) in [5, 5.41) is 0. The van der Waals surface area contributed by atoms with Crippen molar-refractivity contribution >= 4 is 10.4 Å². The zero-order chi connectivity index (χ0) is 12.0. The number of hydrogen-bond acceptors (Lipinski definition) is 5. The van der Waals surface area contributed by atoms with Gasteiger partial charge in [-0.15, -0.1) is 0 Å². The molecule has 0 radical (unpaired) electrons. The molecule has 1 rings (SSSR count). The monoisotopic (exact) mass is 246 g/mol. The third-order valence-electron chi connectivity index (χ3n) is 1.69. The van der Waals surface area contributed by atoms with Crippen molar-refractivity contribution in [2.24, 2.45) is 0 Å². The molecule has 90 valence electrons. The van der Waals surface area contributed by atoms with E-state index in [1.54, 1.807) is 12.1 Å². The first-order valence-corrected chi connectivity index (χ1v) is 6.13. The van der Waals surface area contributed by atoms with Crippen molar-refractivity contribution in [2.75, 3.05) is 13.7 Å². The summed E-state index contributed by atoms with van der Waals surface area (Å²) in [6.45, 7) is 1.92. The fraction of sp³-hybridized carbons (Fsp3) is 0.400. The minimum absolute atomic E-state index is 0.110. The van der Waals surface area contributed by atoms with Gasteiger partial charge in [0.1, 0.15) is 11.5 Å². The molecule has 0 unspecified atom stereocenters. The molecule has 0 aliphatic heterocycles. The predicted octanol–water partition coefficient (Wildman–Crippen LogP) is 1.75. The molecule has 0 atom stereocenters. The maximum Gasteiger partial charge on any atom is 0.449 e. The molecule has 0 heterocycles. The van der Waals surface area contributed by atoms with Crippen molar-refractivity contribution in [1.29, 1.82) is 0 Å². The number of rotatable bonds is 6. The average Bonchev–Trinajstić information content (AvgIpc) is 2.27. The van der Waals surface area contributed by atoms with E-state index < -0.39 is 10.4 Å². The number of hydrogen-bond donors (Lipinski definition) is 0. The second-order valence-electron chi connectivity index (χ2n) is 2.99. The fourth-order valence-electron chi connectivity index (χ4n) is 0.959. The molecular weight excluding hydrogens is 232 g/mol. The highest BCUT2D eigenvalue weighted by atomic mass is 32.3. The van der Waals surface area contributed by atoms with Gasteiger partial charge in [-0.3, -0.25) is 0 Å². The van der Waals surface area contributed by atoms with Crippen LogP contribution in [-0.2, 0) is 14.6 Å². The number of ether oxygens (including phenoxy) is 1. The Morgan fingerprint density at radius 1 is 1.12 bits per heavy atom. The molecule has 0 aromatic heterocycles. The first-order valence-electron chi connectivity index (χ1n) is 4.80. The van der Waals surface area contributed by atoms with Crippen molar-refractivity contribution in [2.45, 2.75) is 13.3 Å². The molecular formula is C10H14O5S. The third kappa shape index (κ3) is 4.08. The van der Waals surface area contributed by atoms with E-state index >= 15 is 0 Å². The van der Waals surface area contributed by atoms with E-state index in [4.69, 9.17) is 8.92 Å². The van der Waals surface area contributed by atoms with Gasteiger partial charge in [0.25, 0.3) is 0 Å². The lowest BCUT2D eigenvalue weighted by atomic mass is 10.3. The van der Waals surface area contributed by atoms with Gasteiger partial charge in [0.05, 0.1) is 13.7 Å². The van der Waals surface area contributed by atoms with E-state index in [-0.39, 0.29) is 12.4 Å². The van der Waals surface area contributed by atoms with Crippen LogP contribution in [0.2, 0.25) is 0 Å². The maximum absolute atomic E-state index is 11.2. The summed E-state index contributed by atoms with van der Waals surface area (Å²) in [4.78, 5) is 0. The summed E-state index contributed by atoms with van der Waals surface area (Å²) in [5.41, 5.74) is 0. The minimum atomic E-state index is -3.96. The van der Waals surface area contributed by atoms with Crippen LogP contribution in [0, 0.1) is 0 Å². The Kier molecular flexibility index (Phi) is 4.57. The van der Waals surface area contributed by atoms with Gasteiger partial charge in [0.15, 0.2) is 0 Å². The van der Waals surface area contributed by atoms with Crippen LogP contribution >= 0.6 is 0 Å². The van der Waals surface area contributed by atoms with Crippen LogP contribution in [0.1, 0.15) is 13.3 Å². The molecule has 0 spiro atoms. The van der Waals surface area contributed by atoms with Crippen LogP contribution in [0.5, 0.6) is 11.5 Å². The highest BCUT2D eigenvalue weighted by Crippen LogP contribution is 2.18. The largest absolute Gasteiger partial charge is 0.497 e. The normalized spacial score (nSPS) is 11.1. The molecule has 1 aromatic carbocycles. The van der Waals surface area contributed by atoms with E-state index in [1.165, 1.54) is 19.2 Å². The molecule has 16 heavy (non-hydrogen) atoms. The Hall–Kier alpha value is -1.27. The van der Waals surface area contributed by atoms with E-state index in [1.807, 2.05) is 6.92 Å². The Morgan fingerprint density at radius 3 is 2.19 bits per heavy atom. The summed E-state index contributed by atoms with van der Waals surface area (Å²) in [5.74, 6) is 0.816. The van der Waals surface area contributed by atoms with Gasteiger partial charge in [-0.1, -0.05) is 6.92 Å². The van der Waals surface area contributed by atoms with Crippen molar-refractivity contribution < 1.29 is 21.5 Å². The van der Waals surface area contributed by atoms with Gasteiger partial charge >= 0.3 is 10.4 Å². The van der Waals surface area contributed by atoms with Crippen molar-refractivity contribution in [3.63, 3.8) is 0 Å². The Balaban J connectivity index is 2.65. The molecule has 6 heteroatoms.